The zero-order chi connectivity index (χ0) is 13.7. The fourth-order valence-electron chi connectivity index (χ4n) is 2.09. The fraction of sp³-hybridized carbons (Fsp3) is 0.400. The molecule has 1 saturated carbocycles. The van der Waals surface area contributed by atoms with Gasteiger partial charge in [-0.15, -0.1) is 30.4 Å². The summed E-state index contributed by atoms with van der Waals surface area (Å²) in [6, 6.07) is 7.15. The minimum absolute atomic E-state index is 0. The molecule has 0 spiro atoms. The average Bonchev–Trinajstić information content (AvgIpc) is 3.16. The summed E-state index contributed by atoms with van der Waals surface area (Å²) in [4.78, 5) is 4.23. The molecule has 5 heteroatoms. The van der Waals surface area contributed by atoms with Gasteiger partial charge in [-0.05, 0) is 25.0 Å². The Bertz CT molecular complexity index is 510. The molecule has 0 radical (unpaired) electrons. The quantitative estimate of drug-likeness (QED) is 0.361. The van der Waals surface area contributed by atoms with Gasteiger partial charge in [-0.1, -0.05) is 24.1 Å². The van der Waals surface area contributed by atoms with E-state index in [9.17, 15) is 4.39 Å². The number of benzene rings is 1. The Hall–Kier alpha value is -1.29. The van der Waals surface area contributed by atoms with Crippen LogP contribution in [0.2, 0.25) is 0 Å². The van der Waals surface area contributed by atoms with Gasteiger partial charge in [0.05, 0.1) is 0 Å². The third kappa shape index (κ3) is 4.37. The number of guanidine groups is 1. The number of halogens is 2. The van der Waals surface area contributed by atoms with Crippen LogP contribution in [0.4, 0.5) is 4.39 Å². The summed E-state index contributed by atoms with van der Waals surface area (Å²) in [5, 5.41) is 6.40. The van der Waals surface area contributed by atoms with E-state index >= 15 is 0 Å². The highest BCUT2D eigenvalue weighted by Gasteiger charge is 2.40. The zero-order valence-corrected chi connectivity index (χ0v) is 13.7. The zero-order valence-electron chi connectivity index (χ0n) is 11.4. The topological polar surface area (TPSA) is 36.4 Å². The van der Waals surface area contributed by atoms with Crippen molar-refractivity contribution in [3.63, 3.8) is 0 Å². The normalized spacial score (nSPS) is 20.6. The minimum Gasteiger partial charge on any atom is -0.357 e. The van der Waals surface area contributed by atoms with Crippen molar-refractivity contribution in [2.45, 2.75) is 25.3 Å². The van der Waals surface area contributed by atoms with Gasteiger partial charge in [-0.2, -0.15) is 0 Å². The molecule has 20 heavy (non-hydrogen) atoms. The van der Waals surface area contributed by atoms with E-state index in [1.165, 1.54) is 6.07 Å². The van der Waals surface area contributed by atoms with E-state index in [1.807, 2.05) is 19.1 Å². The SMILES string of the molecule is C#CCN=C(NCC)NC1CC1c1ccccc1F.I. The van der Waals surface area contributed by atoms with Crippen LogP contribution in [0.3, 0.4) is 0 Å². The average molecular weight is 387 g/mol. The van der Waals surface area contributed by atoms with E-state index in [4.69, 9.17) is 6.42 Å². The monoisotopic (exact) mass is 387 g/mol. The van der Waals surface area contributed by atoms with E-state index in [2.05, 4.69) is 21.5 Å². The molecule has 2 N–H and O–H groups in total. The van der Waals surface area contributed by atoms with Crippen molar-refractivity contribution in [3.8, 4) is 12.3 Å². The molecule has 1 aliphatic carbocycles. The number of terminal acetylenes is 1. The number of aliphatic imine (C=N–C) groups is 1. The number of hydrogen-bond acceptors (Lipinski definition) is 1. The van der Waals surface area contributed by atoms with Crippen molar-refractivity contribution in [3.05, 3.63) is 35.6 Å². The number of hydrogen-bond donors (Lipinski definition) is 2. The molecule has 0 aliphatic heterocycles. The molecule has 1 fully saturated rings. The van der Waals surface area contributed by atoms with Crippen LogP contribution in [0.25, 0.3) is 0 Å². The molecule has 0 saturated heterocycles. The van der Waals surface area contributed by atoms with Crippen molar-refractivity contribution in [2.75, 3.05) is 13.1 Å². The lowest BCUT2D eigenvalue weighted by Gasteiger charge is -2.10. The molecule has 108 valence electrons. The number of nitrogens with zero attached hydrogens (tertiary/aromatic N) is 1. The predicted octanol–water partition coefficient (Wildman–Crippen LogP) is 2.49. The van der Waals surface area contributed by atoms with Gasteiger partial charge >= 0.3 is 0 Å². The van der Waals surface area contributed by atoms with E-state index in [1.54, 1.807) is 6.07 Å². The molecule has 1 aromatic carbocycles. The van der Waals surface area contributed by atoms with E-state index in [0.717, 1.165) is 18.5 Å². The molecule has 2 atom stereocenters. The highest BCUT2D eigenvalue weighted by Crippen LogP contribution is 2.41. The lowest BCUT2D eigenvalue weighted by atomic mass is 10.1. The Kier molecular flexibility index (Phi) is 6.79. The lowest BCUT2D eigenvalue weighted by Crippen LogP contribution is -2.39. The van der Waals surface area contributed by atoms with Gasteiger partial charge in [0.1, 0.15) is 12.4 Å². The first kappa shape index (κ1) is 16.8. The van der Waals surface area contributed by atoms with Crippen LogP contribution in [0, 0.1) is 18.2 Å². The van der Waals surface area contributed by atoms with E-state index < -0.39 is 0 Å². The third-order valence-corrected chi connectivity index (χ3v) is 3.09. The molecule has 0 aromatic heterocycles. The first-order valence-electron chi connectivity index (χ1n) is 6.49. The summed E-state index contributed by atoms with van der Waals surface area (Å²) in [6.07, 6.45) is 6.11. The summed E-state index contributed by atoms with van der Waals surface area (Å²) in [6.45, 7) is 3.11. The van der Waals surface area contributed by atoms with Crippen LogP contribution in [0.1, 0.15) is 24.8 Å². The number of rotatable bonds is 4. The van der Waals surface area contributed by atoms with Crippen molar-refractivity contribution < 1.29 is 4.39 Å². The summed E-state index contributed by atoms with van der Waals surface area (Å²) in [5.74, 6) is 3.25. The van der Waals surface area contributed by atoms with Crippen LogP contribution in [0.5, 0.6) is 0 Å². The van der Waals surface area contributed by atoms with Crippen LogP contribution in [-0.2, 0) is 0 Å². The van der Waals surface area contributed by atoms with Crippen molar-refractivity contribution >= 4 is 29.9 Å². The van der Waals surface area contributed by atoms with Gasteiger partial charge in [-0.3, -0.25) is 0 Å². The summed E-state index contributed by atoms with van der Waals surface area (Å²) in [7, 11) is 0. The largest absolute Gasteiger partial charge is 0.357 e. The fourth-order valence-corrected chi connectivity index (χ4v) is 2.09. The van der Waals surface area contributed by atoms with Crippen LogP contribution in [0.15, 0.2) is 29.3 Å². The van der Waals surface area contributed by atoms with Crippen molar-refractivity contribution in [1.82, 2.24) is 10.6 Å². The standard InChI is InChI=1S/C15H18FN3.HI/c1-3-9-18-15(17-4-2)19-14-10-12(14)11-7-5-6-8-13(11)16;/h1,5-8,12,14H,4,9-10H2,2H3,(H2,17,18,19);1H. The summed E-state index contributed by atoms with van der Waals surface area (Å²) < 4.78 is 13.6. The Morgan fingerprint density at radius 1 is 1.50 bits per heavy atom. The second-order valence-electron chi connectivity index (χ2n) is 4.51. The second kappa shape index (κ2) is 8.10. The molecule has 2 unspecified atom stereocenters. The van der Waals surface area contributed by atoms with Crippen molar-refractivity contribution in [2.24, 2.45) is 4.99 Å². The first-order chi connectivity index (χ1) is 9.26. The minimum atomic E-state index is -0.137. The number of nitrogens with one attached hydrogen (secondary N) is 2. The van der Waals surface area contributed by atoms with Gasteiger partial charge in [0.25, 0.3) is 0 Å². The Labute approximate surface area is 136 Å². The molecule has 2 rings (SSSR count). The van der Waals surface area contributed by atoms with E-state index in [-0.39, 0.29) is 41.8 Å². The summed E-state index contributed by atoms with van der Waals surface area (Å²) in [5.41, 5.74) is 0.771. The maximum Gasteiger partial charge on any atom is 0.192 e. The first-order valence-corrected chi connectivity index (χ1v) is 6.49. The lowest BCUT2D eigenvalue weighted by molar-refractivity contribution is 0.608. The van der Waals surface area contributed by atoms with Gasteiger partial charge < -0.3 is 10.6 Å². The van der Waals surface area contributed by atoms with Gasteiger partial charge in [-0.25, -0.2) is 9.38 Å². The Morgan fingerprint density at radius 2 is 2.25 bits per heavy atom. The third-order valence-electron chi connectivity index (χ3n) is 3.09. The predicted molar refractivity (Wildman–Crippen MR) is 90.9 cm³/mol. The second-order valence-corrected chi connectivity index (χ2v) is 4.51. The smallest absolute Gasteiger partial charge is 0.192 e. The van der Waals surface area contributed by atoms with Crippen molar-refractivity contribution in [1.29, 1.82) is 0 Å². The Balaban J connectivity index is 0.00000200. The molecule has 0 amide bonds. The molecule has 0 heterocycles. The molecule has 1 aliphatic rings. The molecule has 3 nitrogen and oxygen atoms in total. The Morgan fingerprint density at radius 3 is 2.90 bits per heavy atom. The molecular weight excluding hydrogens is 368 g/mol. The molecule has 1 aromatic rings. The van der Waals surface area contributed by atoms with Crippen LogP contribution >= 0.6 is 24.0 Å². The maximum absolute atomic E-state index is 13.6. The highest BCUT2D eigenvalue weighted by atomic mass is 127. The molecule has 0 bridgehead atoms. The highest BCUT2D eigenvalue weighted by molar-refractivity contribution is 14.0. The molecular formula is C15H19FIN3. The van der Waals surface area contributed by atoms with Gasteiger partial charge in [0.2, 0.25) is 0 Å². The summed E-state index contributed by atoms with van der Waals surface area (Å²) >= 11 is 0. The van der Waals surface area contributed by atoms with Crippen LogP contribution < -0.4 is 10.6 Å². The maximum atomic E-state index is 13.6. The van der Waals surface area contributed by atoms with Crippen LogP contribution in [-0.4, -0.2) is 25.1 Å². The van der Waals surface area contributed by atoms with Gasteiger partial charge in [0, 0.05) is 18.5 Å². The van der Waals surface area contributed by atoms with Gasteiger partial charge in [0.15, 0.2) is 5.96 Å². The van der Waals surface area contributed by atoms with E-state index in [0.29, 0.717) is 12.5 Å².